The first kappa shape index (κ1) is 9.94. The van der Waals surface area contributed by atoms with Crippen molar-refractivity contribution in [2.24, 2.45) is 0 Å². The van der Waals surface area contributed by atoms with Gasteiger partial charge in [0.1, 0.15) is 6.10 Å². The standard InChI is InChI=1S/C12H16OS/c1-2-10(13)12-8-9-6-4-3-5-7-11(9)14-12/h2,8,10,13H,1,3-7H2. The molecule has 1 unspecified atom stereocenters. The number of hydrogen-bond donors (Lipinski definition) is 1. The Kier molecular flexibility index (Phi) is 3.04. The lowest BCUT2D eigenvalue weighted by Crippen LogP contribution is -1.87. The van der Waals surface area contributed by atoms with Gasteiger partial charge in [0.25, 0.3) is 0 Å². The van der Waals surface area contributed by atoms with Crippen LogP contribution in [0.1, 0.15) is 40.7 Å². The molecule has 0 saturated carbocycles. The number of aliphatic hydroxyl groups is 1. The third-order valence-corrected chi connectivity index (χ3v) is 4.09. The Labute approximate surface area is 89.1 Å². The molecule has 1 N–H and O–H groups in total. The molecule has 1 atom stereocenters. The van der Waals surface area contributed by atoms with Gasteiger partial charge in [-0.2, -0.15) is 0 Å². The van der Waals surface area contributed by atoms with Crippen LogP contribution < -0.4 is 0 Å². The lowest BCUT2D eigenvalue weighted by Gasteiger charge is -1.99. The van der Waals surface area contributed by atoms with E-state index in [0.29, 0.717) is 0 Å². The maximum Gasteiger partial charge on any atom is 0.106 e. The summed E-state index contributed by atoms with van der Waals surface area (Å²) >= 11 is 1.76. The fourth-order valence-corrected chi connectivity index (χ4v) is 3.19. The first-order valence-corrected chi connectivity index (χ1v) is 6.05. The predicted molar refractivity (Wildman–Crippen MR) is 60.7 cm³/mol. The molecular formula is C12H16OS. The van der Waals surface area contributed by atoms with Gasteiger partial charge in [0.2, 0.25) is 0 Å². The van der Waals surface area contributed by atoms with Gasteiger partial charge in [0.05, 0.1) is 0 Å². The van der Waals surface area contributed by atoms with Crippen molar-refractivity contribution in [1.29, 1.82) is 0 Å². The van der Waals surface area contributed by atoms with Crippen molar-refractivity contribution in [1.82, 2.24) is 0 Å². The van der Waals surface area contributed by atoms with Crippen LogP contribution in [-0.4, -0.2) is 5.11 Å². The molecule has 2 heteroatoms. The summed E-state index contributed by atoms with van der Waals surface area (Å²) in [6.45, 7) is 3.62. The van der Waals surface area contributed by atoms with Crippen LogP contribution in [0.25, 0.3) is 0 Å². The number of thiophene rings is 1. The van der Waals surface area contributed by atoms with Crippen molar-refractivity contribution in [3.8, 4) is 0 Å². The summed E-state index contributed by atoms with van der Waals surface area (Å²) < 4.78 is 0. The van der Waals surface area contributed by atoms with Crippen molar-refractivity contribution >= 4 is 11.3 Å². The van der Waals surface area contributed by atoms with Crippen molar-refractivity contribution in [2.75, 3.05) is 0 Å². The molecule has 0 fully saturated rings. The second-order valence-electron chi connectivity index (χ2n) is 3.84. The zero-order valence-electron chi connectivity index (χ0n) is 8.33. The lowest BCUT2D eigenvalue weighted by atomic mass is 10.1. The first-order chi connectivity index (χ1) is 6.81. The SMILES string of the molecule is C=CC(O)c1cc2c(s1)CCCCC2. The second-order valence-corrected chi connectivity index (χ2v) is 5.01. The van der Waals surface area contributed by atoms with E-state index in [-0.39, 0.29) is 0 Å². The lowest BCUT2D eigenvalue weighted by molar-refractivity contribution is 0.233. The van der Waals surface area contributed by atoms with Crippen LogP contribution in [0.2, 0.25) is 0 Å². The summed E-state index contributed by atoms with van der Waals surface area (Å²) in [5, 5.41) is 9.64. The predicted octanol–water partition coefficient (Wildman–Crippen LogP) is 3.24. The van der Waals surface area contributed by atoms with Gasteiger partial charge in [0, 0.05) is 9.75 Å². The summed E-state index contributed by atoms with van der Waals surface area (Å²) in [5.41, 5.74) is 1.46. The number of aliphatic hydroxyl groups excluding tert-OH is 1. The van der Waals surface area contributed by atoms with Gasteiger partial charge in [0.15, 0.2) is 0 Å². The van der Waals surface area contributed by atoms with Crippen LogP contribution >= 0.6 is 11.3 Å². The minimum atomic E-state index is -0.466. The van der Waals surface area contributed by atoms with E-state index in [1.165, 1.54) is 42.5 Å². The smallest absolute Gasteiger partial charge is 0.106 e. The third kappa shape index (κ3) is 1.91. The van der Waals surface area contributed by atoms with E-state index in [1.807, 2.05) is 0 Å². The average Bonchev–Trinajstić information content (AvgIpc) is 2.49. The summed E-state index contributed by atoms with van der Waals surface area (Å²) in [4.78, 5) is 2.55. The molecular weight excluding hydrogens is 192 g/mol. The zero-order chi connectivity index (χ0) is 9.97. The van der Waals surface area contributed by atoms with Crippen LogP contribution in [0.15, 0.2) is 18.7 Å². The molecule has 0 aliphatic heterocycles. The molecule has 1 aliphatic carbocycles. The molecule has 1 aromatic rings. The molecule has 0 spiro atoms. The summed E-state index contributed by atoms with van der Waals surface area (Å²) in [5.74, 6) is 0. The minimum absolute atomic E-state index is 0.466. The molecule has 1 aliphatic rings. The fourth-order valence-electron chi connectivity index (χ4n) is 1.95. The van der Waals surface area contributed by atoms with Crippen LogP contribution in [0, 0.1) is 0 Å². The number of fused-ring (bicyclic) bond motifs is 1. The Hall–Kier alpha value is -0.600. The van der Waals surface area contributed by atoms with E-state index >= 15 is 0 Å². The zero-order valence-corrected chi connectivity index (χ0v) is 9.15. The number of aryl methyl sites for hydroxylation is 2. The molecule has 2 rings (SSSR count). The van der Waals surface area contributed by atoms with E-state index in [2.05, 4.69) is 12.6 Å². The average molecular weight is 208 g/mol. The Morgan fingerprint density at radius 3 is 2.93 bits per heavy atom. The van der Waals surface area contributed by atoms with Crippen LogP contribution in [0.5, 0.6) is 0 Å². The first-order valence-electron chi connectivity index (χ1n) is 5.23. The van der Waals surface area contributed by atoms with Gasteiger partial charge in [-0.05, 0) is 37.3 Å². The van der Waals surface area contributed by atoms with Gasteiger partial charge in [-0.15, -0.1) is 17.9 Å². The highest BCUT2D eigenvalue weighted by atomic mass is 32.1. The maximum atomic E-state index is 9.64. The van der Waals surface area contributed by atoms with E-state index < -0.39 is 6.10 Å². The molecule has 1 heterocycles. The molecule has 1 aromatic heterocycles. The molecule has 0 radical (unpaired) electrons. The molecule has 1 nitrogen and oxygen atoms in total. The van der Waals surface area contributed by atoms with E-state index in [0.717, 1.165) is 4.88 Å². The van der Waals surface area contributed by atoms with Gasteiger partial charge >= 0.3 is 0 Å². The van der Waals surface area contributed by atoms with Crippen molar-refractivity contribution in [2.45, 2.75) is 38.2 Å². The van der Waals surface area contributed by atoms with Crippen molar-refractivity contribution < 1.29 is 5.11 Å². The summed E-state index contributed by atoms with van der Waals surface area (Å²) in [6.07, 6.45) is 7.47. The highest BCUT2D eigenvalue weighted by Gasteiger charge is 2.14. The molecule has 0 aromatic carbocycles. The normalized spacial score (nSPS) is 18.4. The molecule has 14 heavy (non-hydrogen) atoms. The quantitative estimate of drug-likeness (QED) is 0.584. The Morgan fingerprint density at radius 1 is 1.36 bits per heavy atom. The molecule has 76 valence electrons. The Bertz CT molecular complexity index is 304. The van der Waals surface area contributed by atoms with E-state index in [9.17, 15) is 5.11 Å². The number of hydrogen-bond acceptors (Lipinski definition) is 2. The van der Waals surface area contributed by atoms with Crippen LogP contribution in [0.3, 0.4) is 0 Å². The van der Waals surface area contributed by atoms with E-state index in [4.69, 9.17) is 0 Å². The maximum absolute atomic E-state index is 9.64. The fraction of sp³-hybridized carbons (Fsp3) is 0.500. The van der Waals surface area contributed by atoms with Gasteiger partial charge in [-0.1, -0.05) is 12.5 Å². The Morgan fingerprint density at radius 2 is 2.14 bits per heavy atom. The summed E-state index contributed by atoms with van der Waals surface area (Å²) in [6, 6.07) is 2.16. The van der Waals surface area contributed by atoms with E-state index in [1.54, 1.807) is 17.4 Å². The van der Waals surface area contributed by atoms with Gasteiger partial charge in [-0.25, -0.2) is 0 Å². The molecule has 0 amide bonds. The summed E-state index contributed by atoms with van der Waals surface area (Å²) in [7, 11) is 0. The van der Waals surface area contributed by atoms with Crippen molar-refractivity contribution in [3.05, 3.63) is 34.0 Å². The monoisotopic (exact) mass is 208 g/mol. The van der Waals surface area contributed by atoms with Gasteiger partial charge in [-0.3, -0.25) is 0 Å². The Balaban J connectivity index is 2.26. The highest BCUT2D eigenvalue weighted by Crippen LogP contribution is 2.32. The van der Waals surface area contributed by atoms with Crippen molar-refractivity contribution in [3.63, 3.8) is 0 Å². The largest absolute Gasteiger partial charge is 0.383 e. The minimum Gasteiger partial charge on any atom is -0.383 e. The third-order valence-electron chi connectivity index (χ3n) is 2.78. The molecule has 0 bridgehead atoms. The van der Waals surface area contributed by atoms with Crippen LogP contribution in [0.4, 0.5) is 0 Å². The van der Waals surface area contributed by atoms with Crippen LogP contribution in [-0.2, 0) is 12.8 Å². The second kappa shape index (κ2) is 4.28. The topological polar surface area (TPSA) is 20.2 Å². The molecule has 0 saturated heterocycles. The highest BCUT2D eigenvalue weighted by molar-refractivity contribution is 7.12. The van der Waals surface area contributed by atoms with Gasteiger partial charge < -0.3 is 5.11 Å². The number of rotatable bonds is 2.